The number of rotatable bonds is 2. The number of aryl methyl sites for hydroxylation is 2. The van der Waals surface area contributed by atoms with Crippen LogP contribution < -0.4 is 29.5 Å². The number of carbonyl (C=O) groups excluding carboxylic acids is 1. The van der Waals surface area contributed by atoms with Crippen molar-refractivity contribution in [3.63, 3.8) is 0 Å². The Hall–Kier alpha value is -3.14. The van der Waals surface area contributed by atoms with Crippen molar-refractivity contribution in [2.75, 3.05) is 17.2 Å². The molecule has 0 unspecified atom stereocenters. The van der Waals surface area contributed by atoms with Gasteiger partial charge in [0.2, 0.25) is 5.91 Å². The van der Waals surface area contributed by atoms with Gasteiger partial charge in [0.25, 0.3) is 0 Å². The van der Waals surface area contributed by atoms with Crippen molar-refractivity contribution in [2.24, 2.45) is 0 Å². The summed E-state index contributed by atoms with van der Waals surface area (Å²) in [5.41, 5.74) is 6.22. The Morgan fingerprint density at radius 2 is 1.02 bits per heavy atom. The Bertz CT molecular complexity index is 1560. The topological polar surface area (TPSA) is 41.1 Å². The smallest absolute Gasteiger partial charge is 1.00 e. The van der Waals surface area contributed by atoms with Crippen molar-refractivity contribution < 1.29 is 51.4 Å². The van der Waals surface area contributed by atoms with Crippen molar-refractivity contribution in [2.45, 2.75) is 38.0 Å². The summed E-state index contributed by atoms with van der Waals surface area (Å²) in [6.07, 6.45) is -5.42. The summed E-state index contributed by atoms with van der Waals surface area (Å²) in [6.45, 7) is 0.979. The van der Waals surface area contributed by atoms with Crippen molar-refractivity contribution >= 4 is 34.6 Å². The van der Waals surface area contributed by atoms with Crippen LogP contribution in [0.5, 0.6) is 0 Å². The van der Waals surface area contributed by atoms with Gasteiger partial charge < -0.3 is 12.1 Å². The molecular weight excluding hydrogens is 576 g/mol. The maximum Gasteiger partial charge on any atom is 1.00 e. The van der Waals surface area contributed by atoms with E-state index in [0.717, 1.165) is 82.8 Å². The van der Waals surface area contributed by atoms with E-state index >= 15 is 0 Å². The number of anilines is 2. The molecule has 11 heteroatoms. The number of nitrogens with one attached hydrogen (secondary N) is 2. The van der Waals surface area contributed by atoms with Gasteiger partial charge in [-0.1, -0.05) is 36.4 Å². The molecule has 1 amide bonds. The zero-order valence-electron chi connectivity index (χ0n) is 23.8. The number of halogens is 6. The third kappa shape index (κ3) is 8.49. The molecule has 2 aliphatic heterocycles. The summed E-state index contributed by atoms with van der Waals surface area (Å²) in [7, 11) is 0. The minimum Gasteiger partial charge on any atom is -1.00 e. The van der Waals surface area contributed by atoms with Crippen molar-refractivity contribution in [3.05, 3.63) is 107 Å². The van der Waals surface area contributed by atoms with Crippen molar-refractivity contribution in [3.8, 4) is 22.3 Å². The van der Waals surface area contributed by atoms with Gasteiger partial charge >= 0.3 is 31.2 Å². The minimum atomic E-state index is -4.32. The van der Waals surface area contributed by atoms with Crippen LogP contribution in [0.25, 0.3) is 22.3 Å². The van der Waals surface area contributed by atoms with E-state index in [9.17, 15) is 31.1 Å². The molecule has 0 saturated carbocycles. The monoisotopic (exact) mass is 606 g/mol. The SMILES string of the molecule is FC(F)(F)c1ccc(-c2ccc3c(c2)CCCN3)cc1.O=C1CCc2cc(-c3ccc(C(F)(F)F)cc3)ccc2N1.[AlH3].[H-].[Li+]. The Morgan fingerprint density at radius 3 is 1.51 bits per heavy atom. The molecule has 6 rings (SSSR count). The summed E-state index contributed by atoms with van der Waals surface area (Å²) < 4.78 is 75.2. The number of amides is 1. The molecule has 0 spiro atoms. The predicted molar refractivity (Wildman–Crippen MR) is 159 cm³/mol. The van der Waals surface area contributed by atoms with Gasteiger partial charge in [-0.05, 0) is 101 Å². The molecule has 0 aliphatic carbocycles. The fraction of sp³-hybridized carbons (Fsp3) is 0.219. The van der Waals surface area contributed by atoms with Gasteiger partial charge in [-0.25, -0.2) is 0 Å². The van der Waals surface area contributed by atoms with Crippen LogP contribution in [-0.2, 0) is 30.0 Å². The molecule has 3 nitrogen and oxygen atoms in total. The van der Waals surface area contributed by atoms with Crippen LogP contribution in [0.3, 0.4) is 0 Å². The third-order valence-corrected chi connectivity index (χ3v) is 7.14. The summed E-state index contributed by atoms with van der Waals surface area (Å²) >= 11 is 0. The van der Waals surface area contributed by atoms with Gasteiger partial charge in [0.05, 0.1) is 11.1 Å². The molecule has 0 fully saturated rings. The minimum absolute atomic E-state index is 0. The Balaban J connectivity index is 0.000000287. The van der Waals surface area contributed by atoms with Crippen LogP contribution in [0.4, 0.5) is 37.7 Å². The first-order chi connectivity index (χ1) is 19.5. The Morgan fingerprint density at radius 1 is 0.581 bits per heavy atom. The van der Waals surface area contributed by atoms with Gasteiger partial charge in [-0.3, -0.25) is 4.79 Å². The first-order valence-corrected chi connectivity index (χ1v) is 13.1. The first-order valence-electron chi connectivity index (χ1n) is 13.1. The van der Waals surface area contributed by atoms with E-state index in [4.69, 9.17) is 0 Å². The average molecular weight is 607 g/mol. The standard InChI is InChI=1S/C16H12F3NO.C16H14F3N.Al.Li.4H/c17-16(18,19)13-5-1-10(2-6-13)11-3-7-14-12(9-11)4-8-15(21)20-14;17-16(18,19)14-6-3-11(4-7-14)12-5-8-15-13(10-12)2-1-9-20-15;;;;;;/h1-3,5-7,9H,4,8H2,(H,20,21);3-8,10,20H,1-2,9H2;;;;;;/q;;;+1;;;;-1. The van der Waals surface area contributed by atoms with E-state index in [-0.39, 0.29) is 43.6 Å². The summed E-state index contributed by atoms with van der Waals surface area (Å²) in [6, 6.07) is 21.9. The zero-order valence-corrected chi connectivity index (χ0v) is 22.8. The second-order valence-electron chi connectivity index (χ2n) is 9.97. The van der Waals surface area contributed by atoms with Crippen molar-refractivity contribution in [1.29, 1.82) is 0 Å². The molecular formula is C32H30AlF6LiN2O. The fourth-order valence-electron chi connectivity index (χ4n) is 4.92. The first kappa shape index (κ1) is 34.4. The quantitative estimate of drug-likeness (QED) is 0.252. The van der Waals surface area contributed by atoms with Crippen LogP contribution in [0, 0.1) is 0 Å². The zero-order chi connectivity index (χ0) is 29.2. The number of hydrogen-bond donors (Lipinski definition) is 2. The average Bonchev–Trinajstić information content (AvgIpc) is 2.96. The summed E-state index contributed by atoms with van der Waals surface area (Å²) in [5, 5.41) is 6.10. The van der Waals surface area contributed by atoms with Gasteiger partial charge in [0.15, 0.2) is 17.4 Å². The maximum absolute atomic E-state index is 12.5. The number of hydrogen-bond acceptors (Lipinski definition) is 2. The van der Waals surface area contributed by atoms with Gasteiger partial charge in [-0.2, -0.15) is 26.3 Å². The van der Waals surface area contributed by atoms with E-state index in [2.05, 4.69) is 16.7 Å². The van der Waals surface area contributed by atoms with Gasteiger partial charge in [0.1, 0.15) is 0 Å². The molecule has 0 atom stereocenters. The summed E-state index contributed by atoms with van der Waals surface area (Å²) in [5.74, 6) is -0.00946. The van der Waals surface area contributed by atoms with E-state index in [1.165, 1.54) is 29.8 Å². The molecule has 0 radical (unpaired) electrons. The summed E-state index contributed by atoms with van der Waals surface area (Å²) in [4.78, 5) is 11.3. The largest absolute Gasteiger partial charge is 1.00 e. The normalized spacial score (nSPS) is 13.9. The van der Waals surface area contributed by atoms with Crippen LogP contribution in [-0.4, -0.2) is 29.8 Å². The van der Waals surface area contributed by atoms with Crippen LogP contribution >= 0.6 is 0 Å². The molecule has 220 valence electrons. The van der Waals surface area contributed by atoms with E-state index in [1.54, 1.807) is 12.1 Å². The second kappa shape index (κ2) is 14.1. The number of alkyl halides is 6. The Labute approximate surface area is 269 Å². The number of carbonyl (C=O) groups is 1. The van der Waals surface area contributed by atoms with Gasteiger partial charge in [-0.15, -0.1) is 0 Å². The molecule has 2 heterocycles. The third-order valence-electron chi connectivity index (χ3n) is 7.14. The van der Waals surface area contributed by atoms with Crippen LogP contribution in [0.2, 0.25) is 0 Å². The van der Waals surface area contributed by atoms with Crippen molar-refractivity contribution in [1.82, 2.24) is 0 Å². The van der Waals surface area contributed by atoms with Gasteiger partial charge in [0, 0.05) is 24.3 Å². The second-order valence-corrected chi connectivity index (χ2v) is 9.97. The molecule has 2 N–H and O–H groups in total. The van der Waals surface area contributed by atoms with Crippen LogP contribution in [0.1, 0.15) is 36.5 Å². The molecule has 4 aromatic carbocycles. The fourth-order valence-corrected chi connectivity index (χ4v) is 4.92. The molecule has 0 aromatic heterocycles. The van der Waals surface area contributed by atoms with E-state index in [1.807, 2.05) is 18.2 Å². The molecule has 2 aliphatic rings. The van der Waals surface area contributed by atoms with E-state index in [0.29, 0.717) is 12.8 Å². The predicted octanol–water partition coefficient (Wildman–Crippen LogP) is 4.92. The number of benzene rings is 4. The van der Waals surface area contributed by atoms with E-state index < -0.39 is 23.5 Å². The van der Waals surface area contributed by atoms with Crippen LogP contribution in [0.15, 0.2) is 84.9 Å². The molecule has 0 saturated heterocycles. The number of fused-ring (bicyclic) bond motifs is 2. The Kier molecular flexibility index (Phi) is 11.3. The molecule has 4 aromatic rings. The molecule has 0 bridgehead atoms. The molecule has 43 heavy (non-hydrogen) atoms. The maximum atomic E-state index is 12.5.